The number of rotatable bonds is 3. The van der Waals surface area contributed by atoms with E-state index < -0.39 is 17.8 Å². The maximum absolute atomic E-state index is 11.5. The second kappa shape index (κ2) is 4.50. The lowest BCUT2D eigenvalue weighted by atomic mass is 10.2. The molecule has 2 N–H and O–H groups in total. The third kappa shape index (κ3) is 2.42. The lowest BCUT2D eigenvalue weighted by Gasteiger charge is -2.04. The number of fused-ring (bicyclic) bond motifs is 1. The highest BCUT2D eigenvalue weighted by atomic mass is 32.1. The van der Waals surface area contributed by atoms with Crippen LogP contribution >= 0.6 is 11.3 Å². The molecule has 0 aliphatic rings. The Bertz CT molecular complexity index is 546. The van der Waals surface area contributed by atoms with Crippen LogP contribution < -0.4 is 5.32 Å². The standard InChI is InChI=1S/C11H10N2O3S/c1-6(10(15)16)9(14)13-11-12-7-4-2-3-5-8(7)17-11/h2-6H,1H3,(H,15,16)(H,12,13,14). The molecule has 2 aromatic rings. The normalized spacial score (nSPS) is 12.3. The molecule has 0 aliphatic heterocycles. The molecule has 1 amide bonds. The molecule has 1 heterocycles. The first kappa shape index (κ1) is 11.5. The third-order valence-corrected chi connectivity index (χ3v) is 3.24. The summed E-state index contributed by atoms with van der Waals surface area (Å²) in [7, 11) is 0. The number of carbonyl (C=O) groups is 2. The molecular formula is C11H10N2O3S. The van der Waals surface area contributed by atoms with Gasteiger partial charge in [-0.15, -0.1) is 0 Å². The van der Waals surface area contributed by atoms with E-state index in [1.54, 1.807) is 0 Å². The predicted octanol–water partition coefficient (Wildman–Crippen LogP) is 1.96. The largest absolute Gasteiger partial charge is 0.481 e. The Morgan fingerprint density at radius 3 is 2.76 bits per heavy atom. The minimum absolute atomic E-state index is 0.421. The third-order valence-electron chi connectivity index (χ3n) is 2.29. The number of carboxylic acid groups (broad SMARTS) is 1. The minimum Gasteiger partial charge on any atom is -0.481 e. The SMILES string of the molecule is CC(C(=O)O)C(=O)Nc1nc2ccccc2s1. The summed E-state index contributed by atoms with van der Waals surface area (Å²) in [5.41, 5.74) is 0.788. The number of hydrogen-bond donors (Lipinski definition) is 2. The number of anilines is 1. The molecule has 0 fully saturated rings. The molecule has 17 heavy (non-hydrogen) atoms. The Hall–Kier alpha value is -1.95. The monoisotopic (exact) mass is 250 g/mol. The van der Waals surface area contributed by atoms with Gasteiger partial charge in [-0.25, -0.2) is 4.98 Å². The number of amides is 1. The van der Waals surface area contributed by atoms with Gasteiger partial charge in [0.25, 0.3) is 0 Å². The van der Waals surface area contributed by atoms with E-state index in [4.69, 9.17) is 5.11 Å². The summed E-state index contributed by atoms with van der Waals surface area (Å²) in [6, 6.07) is 7.46. The van der Waals surface area contributed by atoms with Crippen LogP contribution in [0, 0.1) is 5.92 Å². The van der Waals surface area contributed by atoms with Crippen molar-refractivity contribution in [3.05, 3.63) is 24.3 Å². The van der Waals surface area contributed by atoms with Gasteiger partial charge in [-0.05, 0) is 19.1 Å². The Morgan fingerprint density at radius 2 is 2.12 bits per heavy atom. The Kier molecular flexibility index (Phi) is 3.06. The van der Waals surface area contributed by atoms with Crippen LogP contribution in [0.1, 0.15) is 6.92 Å². The highest BCUT2D eigenvalue weighted by Gasteiger charge is 2.21. The number of aliphatic carboxylic acids is 1. The number of para-hydroxylation sites is 1. The smallest absolute Gasteiger partial charge is 0.315 e. The quantitative estimate of drug-likeness (QED) is 0.816. The first-order valence-corrected chi connectivity index (χ1v) is 5.79. The number of thiazole rings is 1. The molecule has 1 atom stereocenters. The minimum atomic E-state index is -1.15. The zero-order chi connectivity index (χ0) is 12.4. The fourth-order valence-corrected chi connectivity index (χ4v) is 2.12. The summed E-state index contributed by atoms with van der Waals surface area (Å²) in [5, 5.41) is 11.6. The zero-order valence-corrected chi connectivity index (χ0v) is 9.82. The van der Waals surface area contributed by atoms with Gasteiger partial charge in [-0.2, -0.15) is 0 Å². The van der Waals surface area contributed by atoms with E-state index in [0.717, 1.165) is 10.2 Å². The van der Waals surface area contributed by atoms with Crippen molar-refractivity contribution in [3.63, 3.8) is 0 Å². The molecule has 2 rings (SSSR count). The second-order valence-corrected chi connectivity index (χ2v) is 4.57. The van der Waals surface area contributed by atoms with Gasteiger partial charge in [-0.1, -0.05) is 23.5 Å². The van der Waals surface area contributed by atoms with Crippen LogP contribution in [-0.2, 0) is 9.59 Å². The van der Waals surface area contributed by atoms with Crippen LogP contribution in [0.25, 0.3) is 10.2 Å². The summed E-state index contributed by atoms with van der Waals surface area (Å²) < 4.78 is 0.950. The van der Waals surface area contributed by atoms with E-state index in [2.05, 4.69) is 10.3 Å². The molecule has 1 unspecified atom stereocenters. The molecule has 0 aliphatic carbocycles. The molecule has 1 aromatic heterocycles. The van der Waals surface area contributed by atoms with Gasteiger partial charge < -0.3 is 10.4 Å². The molecule has 88 valence electrons. The molecule has 0 saturated heterocycles. The van der Waals surface area contributed by atoms with E-state index in [0.29, 0.717) is 5.13 Å². The molecule has 1 aromatic carbocycles. The first-order chi connectivity index (χ1) is 8.08. The number of carboxylic acids is 1. The number of carbonyl (C=O) groups excluding carboxylic acids is 1. The van der Waals surface area contributed by atoms with E-state index >= 15 is 0 Å². The van der Waals surface area contributed by atoms with Crippen molar-refractivity contribution in [2.45, 2.75) is 6.92 Å². The van der Waals surface area contributed by atoms with Gasteiger partial charge in [0.2, 0.25) is 5.91 Å². The topological polar surface area (TPSA) is 79.3 Å². The van der Waals surface area contributed by atoms with Crippen LogP contribution in [-0.4, -0.2) is 22.0 Å². The van der Waals surface area contributed by atoms with Crippen LogP contribution in [0.4, 0.5) is 5.13 Å². The first-order valence-electron chi connectivity index (χ1n) is 4.97. The molecule has 0 bridgehead atoms. The summed E-state index contributed by atoms with van der Waals surface area (Å²) in [6.07, 6.45) is 0. The number of nitrogens with zero attached hydrogens (tertiary/aromatic N) is 1. The average Bonchev–Trinajstić information content (AvgIpc) is 2.69. The number of nitrogens with one attached hydrogen (secondary N) is 1. The van der Waals surface area contributed by atoms with Gasteiger partial charge in [0.05, 0.1) is 10.2 Å². The summed E-state index contributed by atoms with van der Waals surface area (Å²) in [6.45, 7) is 1.34. The Balaban J connectivity index is 2.19. The van der Waals surface area contributed by atoms with Crippen molar-refractivity contribution in [1.29, 1.82) is 0 Å². The van der Waals surface area contributed by atoms with Gasteiger partial charge >= 0.3 is 5.97 Å². The van der Waals surface area contributed by atoms with E-state index in [1.165, 1.54) is 18.3 Å². The average molecular weight is 250 g/mol. The van der Waals surface area contributed by atoms with E-state index in [-0.39, 0.29) is 0 Å². The van der Waals surface area contributed by atoms with Crippen LogP contribution in [0.3, 0.4) is 0 Å². The van der Waals surface area contributed by atoms with E-state index in [9.17, 15) is 9.59 Å². The van der Waals surface area contributed by atoms with Crippen LogP contribution in [0.2, 0.25) is 0 Å². The summed E-state index contributed by atoms with van der Waals surface area (Å²) in [4.78, 5) is 26.3. The van der Waals surface area contributed by atoms with Crippen molar-refractivity contribution in [3.8, 4) is 0 Å². The lowest BCUT2D eigenvalue weighted by molar-refractivity contribution is -0.144. The van der Waals surface area contributed by atoms with Crippen molar-refractivity contribution in [2.75, 3.05) is 5.32 Å². The van der Waals surface area contributed by atoms with Crippen molar-refractivity contribution in [1.82, 2.24) is 4.98 Å². The maximum Gasteiger partial charge on any atom is 0.315 e. The molecule has 0 saturated carbocycles. The molecule has 6 heteroatoms. The number of aromatic nitrogens is 1. The van der Waals surface area contributed by atoms with Gasteiger partial charge in [0, 0.05) is 0 Å². The molecule has 0 radical (unpaired) electrons. The van der Waals surface area contributed by atoms with Crippen LogP contribution in [0.15, 0.2) is 24.3 Å². The Morgan fingerprint density at radius 1 is 1.41 bits per heavy atom. The van der Waals surface area contributed by atoms with Crippen molar-refractivity contribution in [2.24, 2.45) is 5.92 Å². The predicted molar refractivity (Wildman–Crippen MR) is 65.0 cm³/mol. The van der Waals surface area contributed by atoms with Gasteiger partial charge in [0.15, 0.2) is 5.13 Å². The molecular weight excluding hydrogens is 240 g/mol. The maximum atomic E-state index is 11.5. The van der Waals surface area contributed by atoms with Crippen LogP contribution in [0.5, 0.6) is 0 Å². The van der Waals surface area contributed by atoms with E-state index in [1.807, 2.05) is 24.3 Å². The molecule has 5 nitrogen and oxygen atoms in total. The van der Waals surface area contributed by atoms with Crippen molar-refractivity contribution < 1.29 is 14.7 Å². The number of hydrogen-bond acceptors (Lipinski definition) is 4. The van der Waals surface area contributed by atoms with Gasteiger partial charge in [-0.3, -0.25) is 9.59 Å². The highest BCUT2D eigenvalue weighted by Crippen LogP contribution is 2.25. The van der Waals surface area contributed by atoms with Gasteiger partial charge in [0.1, 0.15) is 5.92 Å². The summed E-state index contributed by atoms with van der Waals surface area (Å²) in [5.74, 6) is -2.79. The highest BCUT2D eigenvalue weighted by molar-refractivity contribution is 7.22. The lowest BCUT2D eigenvalue weighted by Crippen LogP contribution is -2.26. The Labute approximate surface area is 101 Å². The fourth-order valence-electron chi connectivity index (χ4n) is 1.25. The summed E-state index contributed by atoms with van der Waals surface area (Å²) >= 11 is 1.32. The second-order valence-electron chi connectivity index (χ2n) is 3.54. The number of benzene rings is 1. The fraction of sp³-hybridized carbons (Fsp3) is 0.182. The van der Waals surface area contributed by atoms with Crippen molar-refractivity contribution >= 4 is 38.6 Å². The zero-order valence-electron chi connectivity index (χ0n) is 9.01. The molecule has 0 spiro atoms.